The Labute approximate surface area is 138 Å². The smallest absolute Gasteiger partial charge is 0.377 e. The summed E-state index contributed by atoms with van der Waals surface area (Å²) in [6, 6.07) is 2.03. The first-order chi connectivity index (χ1) is 10.8. The molecule has 0 spiro atoms. The van der Waals surface area contributed by atoms with Crippen LogP contribution in [0.2, 0.25) is 0 Å². The highest BCUT2D eigenvalue weighted by atomic mass is 32.2. The Morgan fingerprint density at radius 2 is 1.83 bits per heavy atom. The Bertz CT molecular complexity index is 623. The maximum absolute atomic E-state index is 14.3. The Kier molecular flexibility index (Phi) is 5.89. The number of benzene rings is 1. The molecule has 0 aliphatic rings. The van der Waals surface area contributed by atoms with E-state index >= 15 is 0 Å². The highest BCUT2D eigenvalue weighted by Crippen LogP contribution is 2.41. The second kappa shape index (κ2) is 6.85. The summed E-state index contributed by atoms with van der Waals surface area (Å²) in [5.41, 5.74) is -4.82. The summed E-state index contributed by atoms with van der Waals surface area (Å²) in [7, 11) is 0. The Balaban J connectivity index is 3.68. The molecule has 4 nitrogen and oxygen atoms in total. The van der Waals surface area contributed by atoms with Crippen LogP contribution in [0.3, 0.4) is 0 Å². The molecule has 136 valence electrons. The van der Waals surface area contributed by atoms with E-state index in [1.807, 2.05) is 0 Å². The summed E-state index contributed by atoms with van der Waals surface area (Å²) in [4.78, 5) is 11.0. The third-order valence-corrected chi connectivity index (χ3v) is 4.89. The molecule has 0 radical (unpaired) electrons. The first kappa shape index (κ1) is 20.7. The number of aliphatic carboxylic acids is 1. The van der Waals surface area contributed by atoms with Gasteiger partial charge in [0.15, 0.2) is 17.2 Å². The molecular weight excluding hydrogens is 357 g/mol. The number of hydrogen-bond donors (Lipinski definition) is 2. The minimum atomic E-state index is -4.92. The van der Waals surface area contributed by atoms with Crippen molar-refractivity contribution >= 4 is 17.3 Å². The van der Waals surface area contributed by atoms with Crippen LogP contribution in [0.4, 0.5) is 22.0 Å². The molecule has 1 aromatic carbocycles. The van der Waals surface area contributed by atoms with Gasteiger partial charge in [-0.25, -0.2) is 18.0 Å². The van der Waals surface area contributed by atoms with E-state index in [0.29, 0.717) is 12.1 Å². The number of nitrogens with one attached hydrogen (secondary N) is 1. The number of carboxylic acid groups (broad SMARTS) is 1. The first-order valence-electron chi connectivity index (χ1n) is 6.62. The van der Waals surface area contributed by atoms with Crippen molar-refractivity contribution in [2.45, 2.75) is 37.0 Å². The maximum Gasteiger partial charge on any atom is 0.377 e. The molecule has 2 N–H and O–H groups in total. The number of halogens is 5. The van der Waals surface area contributed by atoms with Crippen molar-refractivity contribution in [1.29, 1.82) is 0 Å². The molecule has 0 saturated carbocycles. The van der Waals surface area contributed by atoms with Gasteiger partial charge in [-0.1, -0.05) is 12.1 Å². The van der Waals surface area contributed by atoms with Crippen molar-refractivity contribution in [3.8, 4) is 0 Å². The lowest BCUT2D eigenvalue weighted by Gasteiger charge is -2.38. The van der Waals surface area contributed by atoms with Gasteiger partial charge in [0.25, 0.3) is 0 Å². The van der Waals surface area contributed by atoms with Gasteiger partial charge in [0.2, 0.25) is 0 Å². The standard InChI is InChI=1S/C14H16F5NO3S/c1-12(2,3)24(23)20-13(7-15,14(18,19)11(21)22)8-5-4-6-9(16)10(8)17/h4-6,20H,7H2,1-3H3,(H,21,22)/t13?,24-/m1/s1. The first-order valence-corrected chi connectivity index (χ1v) is 7.77. The predicted molar refractivity (Wildman–Crippen MR) is 77.6 cm³/mol. The van der Waals surface area contributed by atoms with E-state index in [0.717, 1.165) is 6.07 Å². The van der Waals surface area contributed by atoms with Crippen LogP contribution in [0, 0.1) is 11.6 Å². The molecule has 0 aliphatic carbocycles. The average Bonchev–Trinajstić information content (AvgIpc) is 2.46. The largest absolute Gasteiger partial charge is 0.598 e. The lowest BCUT2D eigenvalue weighted by molar-refractivity contribution is -0.180. The number of hydrogen-bond acceptors (Lipinski definition) is 3. The van der Waals surface area contributed by atoms with Gasteiger partial charge in [0.1, 0.15) is 11.4 Å². The number of carboxylic acids is 1. The van der Waals surface area contributed by atoms with Crippen molar-refractivity contribution in [2.75, 3.05) is 6.67 Å². The van der Waals surface area contributed by atoms with E-state index in [4.69, 9.17) is 5.11 Å². The normalized spacial score (nSPS) is 16.5. The zero-order valence-electron chi connectivity index (χ0n) is 13.0. The van der Waals surface area contributed by atoms with E-state index in [9.17, 15) is 31.3 Å². The number of alkyl halides is 3. The zero-order chi connectivity index (χ0) is 18.9. The molecule has 1 rings (SSSR count). The van der Waals surface area contributed by atoms with E-state index in [-0.39, 0.29) is 0 Å². The topological polar surface area (TPSA) is 72.4 Å². The van der Waals surface area contributed by atoms with Crippen LogP contribution in [0.25, 0.3) is 0 Å². The molecule has 0 amide bonds. The molecule has 0 saturated heterocycles. The van der Waals surface area contributed by atoms with Gasteiger partial charge in [-0.2, -0.15) is 8.78 Å². The summed E-state index contributed by atoms with van der Waals surface area (Å²) >= 11 is -2.41. The van der Waals surface area contributed by atoms with Gasteiger partial charge in [0, 0.05) is 16.9 Å². The quantitative estimate of drug-likeness (QED) is 0.594. The maximum atomic E-state index is 14.3. The van der Waals surface area contributed by atoms with Gasteiger partial charge in [-0.05, 0) is 26.8 Å². The zero-order valence-corrected chi connectivity index (χ0v) is 13.8. The van der Waals surface area contributed by atoms with Crippen LogP contribution >= 0.6 is 0 Å². The highest BCUT2D eigenvalue weighted by Gasteiger charge is 2.65. The molecule has 0 aliphatic heterocycles. The minimum absolute atomic E-state index is 0.599. The van der Waals surface area contributed by atoms with Crippen LogP contribution in [0.15, 0.2) is 18.2 Å². The van der Waals surface area contributed by atoms with Gasteiger partial charge < -0.3 is 9.66 Å². The summed E-state index contributed by atoms with van der Waals surface area (Å²) in [5.74, 6) is -11.1. The van der Waals surface area contributed by atoms with Crippen LogP contribution in [-0.4, -0.2) is 33.0 Å². The molecule has 1 unspecified atom stereocenters. The van der Waals surface area contributed by atoms with Gasteiger partial charge >= 0.3 is 11.9 Å². The summed E-state index contributed by atoms with van der Waals surface area (Å²) < 4.78 is 82.3. The van der Waals surface area contributed by atoms with Crippen LogP contribution in [0.5, 0.6) is 0 Å². The molecular formula is C14H16F5NO3S. The molecule has 0 heterocycles. The van der Waals surface area contributed by atoms with Gasteiger partial charge in [0.05, 0.1) is 0 Å². The predicted octanol–water partition coefficient (Wildman–Crippen LogP) is 2.90. The summed E-state index contributed by atoms with van der Waals surface area (Å²) in [6.07, 6.45) is 0. The van der Waals surface area contributed by atoms with Crippen molar-refractivity contribution in [3.05, 3.63) is 35.4 Å². The fourth-order valence-electron chi connectivity index (χ4n) is 1.80. The fraction of sp³-hybridized carbons (Fsp3) is 0.500. The second-order valence-corrected chi connectivity index (χ2v) is 7.97. The molecule has 0 fully saturated rings. The van der Waals surface area contributed by atoms with Crippen LogP contribution in [-0.2, 0) is 21.7 Å². The van der Waals surface area contributed by atoms with Crippen molar-refractivity contribution < 1.29 is 36.4 Å². The van der Waals surface area contributed by atoms with E-state index in [2.05, 4.69) is 0 Å². The summed E-state index contributed by atoms with van der Waals surface area (Å²) in [6.45, 7) is 1.90. The highest BCUT2D eigenvalue weighted by molar-refractivity contribution is 7.90. The van der Waals surface area contributed by atoms with Crippen molar-refractivity contribution in [2.24, 2.45) is 0 Å². The molecule has 0 bridgehead atoms. The summed E-state index contributed by atoms with van der Waals surface area (Å²) in [5, 5.41) is 8.77. The molecule has 10 heteroatoms. The van der Waals surface area contributed by atoms with E-state index in [1.165, 1.54) is 20.8 Å². The lowest BCUT2D eigenvalue weighted by Crippen LogP contribution is -2.64. The van der Waals surface area contributed by atoms with Crippen LogP contribution < -0.4 is 4.72 Å². The van der Waals surface area contributed by atoms with Crippen molar-refractivity contribution in [3.63, 3.8) is 0 Å². The fourth-order valence-corrected chi connectivity index (χ4v) is 2.71. The Morgan fingerprint density at radius 3 is 2.25 bits per heavy atom. The van der Waals surface area contributed by atoms with Gasteiger partial charge in [-0.15, -0.1) is 4.72 Å². The lowest BCUT2D eigenvalue weighted by atomic mass is 9.85. The third-order valence-electron chi connectivity index (χ3n) is 3.24. The number of rotatable bonds is 6. The molecule has 24 heavy (non-hydrogen) atoms. The molecule has 2 atom stereocenters. The second-order valence-electron chi connectivity index (χ2n) is 6.00. The molecule has 1 aromatic rings. The SMILES string of the molecule is CC(C)(C)[S@@+]([O-])NC(CF)(c1cccc(F)c1F)C(F)(F)C(=O)O. The Hall–Kier alpha value is -1.39. The van der Waals surface area contributed by atoms with Crippen LogP contribution in [0.1, 0.15) is 26.3 Å². The van der Waals surface area contributed by atoms with E-state index in [1.54, 1.807) is 4.72 Å². The monoisotopic (exact) mass is 373 g/mol. The Morgan fingerprint density at radius 1 is 1.29 bits per heavy atom. The van der Waals surface area contributed by atoms with Gasteiger partial charge in [-0.3, -0.25) is 0 Å². The number of carbonyl (C=O) groups is 1. The minimum Gasteiger partial charge on any atom is -0.598 e. The van der Waals surface area contributed by atoms with E-state index < -0.39 is 57.4 Å². The average molecular weight is 373 g/mol. The van der Waals surface area contributed by atoms with Crippen molar-refractivity contribution in [1.82, 2.24) is 4.72 Å². The third kappa shape index (κ3) is 3.50. The molecule has 0 aromatic heterocycles.